The average Bonchev–Trinajstić information content (AvgIpc) is 2.62. The normalized spacial score (nSPS) is 11.0. The van der Waals surface area contributed by atoms with Crippen molar-refractivity contribution in [3.05, 3.63) is 47.5 Å². The number of aromatic hydroxyl groups is 1. The Hall–Kier alpha value is -2.89. The molecule has 0 aliphatic rings. The minimum atomic E-state index is -0.575. The lowest BCUT2D eigenvalue weighted by Gasteiger charge is -2.28. The highest BCUT2D eigenvalue weighted by Gasteiger charge is 2.26. The molecular weight excluding hydrogens is 334 g/mol. The van der Waals surface area contributed by atoms with Crippen LogP contribution in [-0.4, -0.2) is 37.9 Å². The van der Waals surface area contributed by atoms with Crippen LogP contribution in [0.25, 0.3) is 0 Å². The molecule has 0 atom stereocenters. The summed E-state index contributed by atoms with van der Waals surface area (Å²) in [6.45, 7) is 3.83. The van der Waals surface area contributed by atoms with Crippen molar-refractivity contribution >= 4 is 5.91 Å². The highest BCUT2D eigenvalue weighted by atomic mass is 16.5. The fourth-order valence-electron chi connectivity index (χ4n) is 2.75. The molecule has 0 bridgehead atoms. The Bertz CT molecular complexity index is 743. The van der Waals surface area contributed by atoms with Crippen LogP contribution in [0.15, 0.2) is 36.4 Å². The Morgan fingerprint density at radius 1 is 1.00 bits per heavy atom. The summed E-state index contributed by atoms with van der Waals surface area (Å²) in [5, 5.41) is 12.8. The van der Waals surface area contributed by atoms with Crippen molar-refractivity contribution in [1.29, 1.82) is 0 Å². The van der Waals surface area contributed by atoms with Gasteiger partial charge in [-0.1, -0.05) is 0 Å². The van der Waals surface area contributed by atoms with E-state index >= 15 is 0 Å². The predicted molar refractivity (Wildman–Crippen MR) is 99.5 cm³/mol. The molecule has 0 aliphatic heterocycles. The number of nitrogens with one attached hydrogen (secondary N) is 1. The van der Waals surface area contributed by atoms with Crippen LogP contribution in [0.2, 0.25) is 0 Å². The zero-order chi connectivity index (χ0) is 19.3. The summed E-state index contributed by atoms with van der Waals surface area (Å²) < 4.78 is 15.8. The first-order chi connectivity index (χ1) is 12.3. The molecule has 0 saturated carbocycles. The molecule has 0 fully saturated rings. The Labute approximate surface area is 153 Å². The van der Waals surface area contributed by atoms with Crippen LogP contribution < -0.4 is 19.5 Å². The molecule has 0 unspecified atom stereocenters. The summed E-state index contributed by atoms with van der Waals surface area (Å²) in [4.78, 5) is 12.6. The van der Waals surface area contributed by atoms with Gasteiger partial charge < -0.3 is 24.6 Å². The van der Waals surface area contributed by atoms with Crippen LogP contribution in [0.5, 0.6) is 23.0 Å². The monoisotopic (exact) mass is 359 g/mol. The van der Waals surface area contributed by atoms with Gasteiger partial charge in [-0.05, 0) is 38.1 Å². The van der Waals surface area contributed by atoms with E-state index in [1.807, 2.05) is 13.8 Å². The third-order valence-corrected chi connectivity index (χ3v) is 4.02. The number of rotatable bonds is 7. The van der Waals surface area contributed by atoms with E-state index in [4.69, 9.17) is 14.2 Å². The number of amides is 1. The molecule has 6 nitrogen and oxygen atoms in total. The number of phenolic OH excluding ortho intramolecular Hbond substituents is 1. The van der Waals surface area contributed by atoms with E-state index in [1.165, 1.54) is 26.4 Å². The summed E-state index contributed by atoms with van der Waals surface area (Å²) >= 11 is 0. The minimum Gasteiger partial charge on any atom is -0.508 e. The van der Waals surface area contributed by atoms with Crippen molar-refractivity contribution in [3.63, 3.8) is 0 Å². The second-order valence-corrected chi connectivity index (χ2v) is 6.57. The second-order valence-electron chi connectivity index (χ2n) is 6.57. The molecule has 2 aromatic rings. The van der Waals surface area contributed by atoms with E-state index in [9.17, 15) is 9.90 Å². The van der Waals surface area contributed by atoms with Crippen molar-refractivity contribution in [3.8, 4) is 23.0 Å². The maximum Gasteiger partial charge on any atom is 0.251 e. The number of carbonyl (C=O) groups is 1. The number of methoxy groups -OCH3 is 3. The third-order valence-electron chi connectivity index (χ3n) is 4.02. The van der Waals surface area contributed by atoms with E-state index in [-0.39, 0.29) is 11.7 Å². The molecule has 0 heterocycles. The second kappa shape index (κ2) is 7.99. The Morgan fingerprint density at radius 2 is 1.54 bits per heavy atom. The SMILES string of the molecule is COc1ccc(C(=O)NC(C)(C)Cc2c(OC)cc(O)cc2OC)cc1. The number of benzene rings is 2. The smallest absolute Gasteiger partial charge is 0.251 e. The lowest BCUT2D eigenvalue weighted by atomic mass is 9.93. The van der Waals surface area contributed by atoms with Gasteiger partial charge >= 0.3 is 0 Å². The zero-order valence-corrected chi connectivity index (χ0v) is 15.8. The Kier molecular flexibility index (Phi) is 5.97. The molecule has 2 rings (SSSR count). The van der Waals surface area contributed by atoms with Gasteiger partial charge in [0.15, 0.2) is 0 Å². The van der Waals surface area contributed by atoms with Gasteiger partial charge in [-0.25, -0.2) is 0 Å². The molecule has 6 heteroatoms. The number of phenols is 1. The number of hydrogen-bond donors (Lipinski definition) is 2. The van der Waals surface area contributed by atoms with E-state index in [2.05, 4.69) is 5.32 Å². The van der Waals surface area contributed by atoms with Crippen LogP contribution in [-0.2, 0) is 6.42 Å². The average molecular weight is 359 g/mol. The Morgan fingerprint density at radius 3 is 2.00 bits per heavy atom. The van der Waals surface area contributed by atoms with Gasteiger partial charge in [0.1, 0.15) is 23.0 Å². The first-order valence-electron chi connectivity index (χ1n) is 8.20. The first-order valence-corrected chi connectivity index (χ1v) is 8.20. The fraction of sp³-hybridized carbons (Fsp3) is 0.350. The molecule has 0 saturated heterocycles. The highest BCUT2D eigenvalue weighted by molar-refractivity contribution is 5.94. The van der Waals surface area contributed by atoms with Gasteiger partial charge in [0.25, 0.3) is 5.91 Å². The van der Waals surface area contributed by atoms with Gasteiger partial charge in [0.2, 0.25) is 0 Å². The highest BCUT2D eigenvalue weighted by Crippen LogP contribution is 2.36. The number of ether oxygens (including phenoxy) is 3. The minimum absolute atomic E-state index is 0.0579. The van der Waals surface area contributed by atoms with Gasteiger partial charge in [0, 0.05) is 35.2 Å². The van der Waals surface area contributed by atoms with Crippen molar-refractivity contribution in [1.82, 2.24) is 5.32 Å². The summed E-state index contributed by atoms with van der Waals surface area (Å²) in [7, 11) is 4.64. The zero-order valence-electron chi connectivity index (χ0n) is 15.8. The van der Waals surface area contributed by atoms with E-state index in [1.54, 1.807) is 31.4 Å². The van der Waals surface area contributed by atoms with Crippen molar-refractivity contribution in [2.75, 3.05) is 21.3 Å². The molecule has 0 spiro atoms. The summed E-state index contributed by atoms with van der Waals surface area (Å²) in [5.74, 6) is 1.58. The fourth-order valence-corrected chi connectivity index (χ4v) is 2.75. The molecule has 1 amide bonds. The van der Waals surface area contributed by atoms with Gasteiger partial charge in [-0.2, -0.15) is 0 Å². The lowest BCUT2D eigenvalue weighted by Crippen LogP contribution is -2.45. The van der Waals surface area contributed by atoms with Crippen molar-refractivity contribution in [2.45, 2.75) is 25.8 Å². The summed E-state index contributed by atoms with van der Waals surface area (Å²) in [6.07, 6.45) is 0.460. The van der Waals surface area contributed by atoms with Crippen LogP contribution in [0.1, 0.15) is 29.8 Å². The summed E-state index contributed by atoms with van der Waals surface area (Å²) in [5.41, 5.74) is 0.741. The van der Waals surface area contributed by atoms with Gasteiger partial charge in [-0.15, -0.1) is 0 Å². The Balaban J connectivity index is 2.21. The maximum atomic E-state index is 12.6. The molecule has 0 radical (unpaired) electrons. The topological polar surface area (TPSA) is 77.0 Å². The van der Waals surface area contributed by atoms with Crippen LogP contribution in [0, 0.1) is 0 Å². The molecule has 0 aromatic heterocycles. The predicted octanol–water partition coefficient (Wildman–Crippen LogP) is 3.17. The van der Waals surface area contributed by atoms with E-state index in [0.717, 1.165) is 5.56 Å². The van der Waals surface area contributed by atoms with Crippen molar-refractivity contribution in [2.24, 2.45) is 0 Å². The van der Waals surface area contributed by atoms with Crippen LogP contribution in [0.4, 0.5) is 0 Å². The number of hydrogen-bond acceptors (Lipinski definition) is 5. The van der Waals surface area contributed by atoms with E-state index < -0.39 is 5.54 Å². The summed E-state index contributed by atoms with van der Waals surface area (Å²) in [6, 6.07) is 9.97. The van der Waals surface area contributed by atoms with E-state index in [0.29, 0.717) is 29.2 Å². The molecule has 26 heavy (non-hydrogen) atoms. The largest absolute Gasteiger partial charge is 0.508 e. The molecule has 0 aliphatic carbocycles. The molecular formula is C20H25NO5. The molecule has 140 valence electrons. The van der Waals surface area contributed by atoms with Gasteiger partial charge in [-0.3, -0.25) is 4.79 Å². The quantitative estimate of drug-likeness (QED) is 0.794. The standard InChI is InChI=1S/C20H25NO5/c1-20(2,21-19(23)13-6-8-15(24-3)9-7-13)12-16-17(25-4)10-14(22)11-18(16)26-5/h6-11,22H,12H2,1-5H3,(H,21,23). The molecule has 2 aromatic carbocycles. The van der Waals surface area contributed by atoms with Gasteiger partial charge in [0.05, 0.1) is 21.3 Å². The number of carbonyl (C=O) groups excluding carboxylic acids is 1. The first kappa shape index (κ1) is 19.4. The van der Waals surface area contributed by atoms with Crippen LogP contribution >= 0.6 is 0 Å². The maximum absolute atomic E-state index is 12.6. The lowest BCUT2D eigenvalue weighted by molar-refractivity contribution is 0.0912. The van der Waals surface area contributed by atoms with Crippen LogP contribution in [0.3, 0.4) is 0 Å². The molecule has 2 N–H and O–H groups in total. The van der Waals surface area contributed by atoms with Crippen molar-refractivity contribution < 1.29 is 24.1 Å². The third kappa shape index (κ3) is 4.59.